The minimum Gasteiger partial charge on any atom is -0.309 e. The summed E-state index contributed by atoms with van der Waals surface area (Å²) in [7, 11) is 4.09. The Hall–Kier alpha value is -1.73. The summed E-state index contributed by atoms with van der Waals surface area (Å²) in [5.41, 5.74) is 1.76. The fourth-order valence-electron chi connectivity index (χ4n) is 2.75. The summed E-state index contributed by atoms with van der Waals surface area (Å²) in [5.74, 6) is 0.744. The minimum absolute atomic E-state index is 0.0381. The molecule has 24 heavy (non-hydrogen) atoms. The molecule has 0 unspecified atom stereocenters. The van der Waals surface area contributed by atoms with Crippen molar-refractivity contribution < 1.29 is 0 Å². The summed E-state index contributed by atoms with van der Waals surface area (Å²) < 4.78 is 2.86. The van der Waals surface area contributed by atoms with Gasteiger partial charge in [0.25, 0.3) is 5.56 Å². The summed E-state index contributed by atoms with van der Waals surface area (Å²) in [6.07, 6.45) is 0.907. The Morgan fingerprint density at radius 3 is 2.58 bits per heavy atom. The van der Waals surface area contributed by atoms with Gasteiger partial charge in [0, 0.05) is 15.7 Å². The van der Waals surface area contributed by atoms with E-state index in [2.05, 4.69) is 27.5 Å². The van der Waals surface area contributed by atoms with Crippen LogP contribution in [-0.2, 0) is 6.54 Å². The van der Waals surface area contributed by atoms with Crippen LogP contribution in [0.15, 0.2) is 53.3 Å². The van der Waals surface area contributed by atoms with Gasteiger partial charge in [0.1, 0.15) is 5.82 Å². The van der Waals surface area contributed by atoms with Gasteiger partial charge in [-0.1, -0.05) is 30.3 Å². The van der Waals surface area contributed by atoms with Crippen LogP contribution in [0.5, 0.6) is 0 Å². The molecule has 0 amide bonds. The Morgan fingerprint density at radius 2 is 1.88 bits per heavy atom. The largest absolute Gasteiger partial charge is 0.309 e. The average molecular weight is 433 g/mol. The molecule has 3 rings (SSSR count). The molecule has 0 radical (unpaired) electrons. The van der Waals surface area contributed by atoms with Gasteiger partial charge in [0.15, 0.2) is 0 Å². The molecule has 2 aromatic carbocycles. The maximum absolute atomic E-state index is 13.1. The van der Waals surface area contributed by atoms with Gasteiger partial charge in [0.05, 0.1) is 10.9 Å². The highest BCUT2D eigenvalue weighted by Crippen LogP contribution is 2.20. The summed E-state index contributed by atoms with van der Waals surface area (Å²) in [5, 5.41) is 0.687. The molecule has 1 aromatic heterocycles. The minimum atomic E-state index is 0.0381. The Labute approximate surface area is 155 Å². The molecule has 0 saturated heterocycles. The molecule has 0 aliphatic heterocycles. The van der Waals surface area contributed by atoms with E-state index >= 15 is 0 Å². The Morgan fingerprint density at radius 1 is 1.12 bits per heavy atom. The first-order chi connectivity index (χ1) is 11.6. The molecule has 0 spiro atoms. The van der Waals surface area contributed by atoms with Crippen molar-refractivity contribution in [2.75, 3.05) is 20.6 Å². The van der Waals surface area contributed by atoms with Crippen molar-refractivity contribution >= 4 is 33.5 Å². The van der Waals surface area contributed by atoms with Crippen molar-refractivity contribution in [2.24, 2.45) is 0 Å². The normalized spacial score (nSPS) is 11.3. The molecule has 0 saturated carbocycles. The molecular weight excluding hydrogens is 413 g/mol. The number of hydrogen-bond donors (Lipinski definition) is 0. The molecule has 1 heterocycles. The molecule has 5 heteroatoms. The molecule has 3 aromatic rings. The number of nitrogens with zero attached hydrogens (tertiary/aromatic N) is 3. The molecular formula is C19H20IN3O. The fraction of sp³-hybridized carbons (Fsp3) is 0.263. The molecule has 0 fully saturated rings. The van der Waals surface area contributed by atoms with Crippen LogP contribution in [0.3, 0.4) is 0 Å². The van der Waals surface area contributed by atoms with Crippen LogP contribution in [0.25, 0.3) is 22.3 Å². The van der Waals surface area contributed by atoms with Gasteiger partial charge in [-0.25, -0.2) is 4.98 Å². The van der Waals surface area contributed by atoms with Crippen molar-refractivity contribution in [1.29, 1.82) is 0 Å². The Balaban J connectivity index is 2.16. The van der Waals surface area contributed by atoms with Crippen LogP contribution in [0.1, 0.15) is 6.42 Å². The monoisotopic (exact) mass is 433 g/mol. The van der Waals surface area contributed by atoms with E-state index in [9.17, 15) is 4.79 Å². The summed E-state index contributed by atoms with van der Waals surface area (Å²) >= 11 is 2.23. The maximum atomic E-state index is 13.1. The summed E-state index contributed by atoms with van der Waals surface area (Å²) in [6, 6.07) is 15.8. The summed E-state index contributed by atoms with van der Waals surface area (Å²) in [4.78, 5) is 20.0. The molecule has 0 N–H and O–H groups in total. The van der Waals surface area contributed by atoms with Crippen molar-refractivity contribution in [1.82, 2.24) is 14.5 Å². The summed E-state index contributed by atoms with van der Waals surface area (Å²) in [6.45, 7) is 1.60. The third-order valence-corrected chi connectivity index (χ3v) is 4.61. The van der Waals surface area contributed by atoms with E-state index < -0.39 is 0 Å². The number of benzene rings is 2. The Bertz CT molecular complexity index is 904. The highest BCUT2D eigenvalue weighted by Gasteiger charge is 2.13. The number of fused-ring (bicyclic) bond motifs is 1. The quantitative estimate of drug-likeness (QED) is 0.577. The standard InChI is InChI=1S/C19H20IN3O/c1-22(2)11-6-12-23-18(14-7-4-3-5-8-14)21-17-10-9-15(20)13-16(17)19(23)24/h3-5,7-10,13H,6,11-12H2,1-2H3. The number of rotatable bonds is 5. The predicted molar refractivity (Wildman–Crippen MR) is 107 cm³/mol. The first-order valence-corrected chi connectivity index (χ1v) is 9.04. The number of halogens is 1. The predicted octanol–water partition coefficient (Wildman–Crippen LogP) is 3.62. The number of hydrogen-bond acceptors (Lipinski definition) is 3. The highest BCUT2D eigenvalue weighted by atomic mass is 127. The van der Waals surface area contributed by atoms with E-state index in [4.69, 9.17) is 4.98 Å². The van der Waals surface area contributed by atoms with E-state index in [1.54, 1.807) is 0 Å². The second-order valence-electron chi connectivity index (χ2n) is 6.08. The van der Waals surface area contributed by atoms with Crippen LogP contribution < -0.4 is 5.56 Å². The molecule has 0 aliphatic rings. The smallest absolute Gasteiger partial charge is 0.261 e. The lowest BCUT2D eigenvalue weighted by atomic mass is 10.1. The topological polar surface area (TPSA) is 38.1 Å². The van der Waals surface area contributed by atoms with Crippen molar-refractivity contribution in [3.8, 4) is 11.4 Å². The molecule has 124 valence electrons. The van der Waals surface area contributed by atoms with Crippen molar-refractivity contribution in [2.45, 2.75) is 13.0 Å². The second-order valence-corrected chi connectivity index (χ2v) is 7.32. The first kappa shape index (κ1) is 17.1. The fourth-order valence-corrected chi connectivity index (χ4v) is 3.24. The molecule has 0 atom stereocenters. The molecule has 4 nitrogen and oxygen atoms in total. The van der Waals surface area contributed by atoms with Crippen molar-refractivity contribution in [3.63, 3.8) is 0 Å². The zero-order valence-corrected chi connectivity index (χ0v) is 16.0. The number of aromatic nitrogens is 2. The van der Waals surface area contributed by atoms with E-state index in [0.29, 0.717) is 11.9 Å². The third kappa shape index (κ3) is 3.67. The molecule has 0 aliphatic carbocycles. The first-order valence-electron chi connectivity index (χ1n) is 7.96. The van der Waals surface area contributed by atoms with Crippen LogP contribution in [0.2, 0.25) is 0 Å². The Kier molecular flexibility index (Phi) is 5.30. The average Bonchev–Trinajstić information content (AvgIpc) is 2.57. The van der Waals surface area contributed by atoms with E-state index in [1.807, 2.05) is 67.2 Å². The van der Waals surface area contributed by atoms with Gasteiger partial charge in [-0.3, -0.25) is 9.36 Å². The van der Waals surface area contributed by atoms with Crippen molar-refractivity contribution in [3.05, 3.63) is 62.5 Å². The third-order valence-electron chi connectivity index (χ3n) is 3.94. The maximum Gasteiger partial charge on any atom is 0.261 e. The highest BCUT2D eigenvalue weighted by molar-refractivity contribution is 14.1. The van der Waals surface area contributed by atoms with Gasteiger partial charge in [0.2, 0.25) is 0 Å². The van der Waals surface area contributed by atoms with Gasteiger partial charge in [-0.2, -0.15) is 0 Å². The van der Waals surface area contributed by atoms with Gasteiger partial charge in [-0.15, -0.1) is 0 Å². The van der Waals surface area contributed by atoms with E-state index in [0.717, 1.165) is 33.4 Å². The van der Waals surface area contributed by atoms with Crippen LogP contribution >= 0.6 is 22.6 Å². The zero-order chi connectivity index (χ0) is 17.1. The zero-order valence-electron chi connectivity index (χ0n) is 13.9. The lowest BCUT2D eigenvalue weighted by molar-refractivity contribution is 0.385. The van der Waals surface area contributed by atoms with Gasteiger partial charge < -0.3 is 4.90 Å². The lowest BCUT2D eigenvalue weighted by Gasteiger charge is -2.15. The molecule has 0 bridgehead atoms. The van der Waals surface area contributed by atoms with Gasteiger partial charge in [-0.05, 0) is 67.9 Å². The van der Waals surface area contributed by atoms with Crippen LogP contribution in [0.4, 0.5) is 0 Å². The lowest BCUT2D eigenvalue weighted by Crippen LogP contribution is -2.25. The van der Waals surface area contributed by atoms with Gasteiger partial charge >= 0.3 is 0 Å². The van der Waals surface area contributed by atoms with Crippen LogP contribution in [0, 0.1) is 3.57 Å². The van der Waals surface area contributed by atoms with E-state index in [1.165, 1.54) is 0 Å². The SMILES string of the molecule is CN(C)CCCn1c(-c2ccccc2)nc2ccc(I)cc2c1=O. The van der Waals surface area contributed by atoms with Crippen LogP contribution in [-0.4, -0.2) is 35.1 Å². The van der Waals surface area contributed by atoms with E-state index in [-0.39, 0.29) is 5.56 Å². The second kappa shape index (κ2) is 7.44.